The van der Waals surface area contributed by atoms with E-state index in [1.165, 1.54) is 5.56 Å². The molecule has 0 unspecified atom stereocenters. The van der Waals surface area contributed by atoms with E-state index in [0.717, 1.165) is 37.4 Å². The highest BCUT2D eigenvalue weighted by molar-refractivity contribution is 5.95. The van der Waals surface area contributed by atoms with E-state index in [2.05, 4.69) is 21.9 Å². The summed E-state index contributed by atoms with van der Waals surface area (Å²) in [5.41, 5.74) is 1.77. The predicted molar refractivity (Wildman–Crippen MR) is 106 cm³/mol. The van der Waals surface area contributed by atoms with Gasteiger partial charge >= 0.3 is 0 Å². The van der Waals surface area contributed by atoms with Crippen LogP contribution in [0.25, 0.3) is 0 Å². The van der Waals surface area contributed by atoms with Crippen LogP contribution in [0.2, 0.25) is 0 Å². The number of carbonyl (C=O) groups excluding carboxylic acids is 1. The maximum atomic E-state index is 13.4. The molecular weight excluding hydrogens is 368 g/mol. The van der Waals surface area contributed by atoms with Crippen LogP contribution in [0.4, 0.5) is 0 Å². The van der Waals surface area contributed by atoms with E-state index in [0.29, 0.717) is 24.1 Å². The van der Waals surface area contributed by atoms with E-state index < -0.39 is 0 Å². The Morgan fingerprint density at radius 3 is 2.66 bits per heavy atom. The van der Waals surface area contributed by atoms with Crippen LogP contribution in [-0.4, -0.2) is 59.3 Å². The van der Waals surface area contributed by atoms with E-state index in [-0.39, 0.29) is 30.4 Å². The van der Waals surface area contributed by atoms with Crippen LogP contribution in [0.15, 0.2) is 42.5 Å². The second kappa shape index (κ2) is 6.39. The van der Waals surface area contributed by atoms with Crippen molar-refractivity contribution < 1.29 is 19.4 Å². The number of hydrogen-bond acceptors (Lipinski definition) is 5. The largest absolute Gasteiger partial charge is 0.508 e. The number of piperidine rings is 3. The van der Waals surface area contributed by atoms with Crippen LogP contribution in [0.3, 0.4) is 0 Å². The van der Waals surface area contributed by atoms with Gasteiger partial charge in [0.1, 0.15) is 5.75 Å². The van der Waals surface area contributed by atoms with Crippen LogP contribution in [0.5, 0.6) is 17.2 Å². The first-order valence-corrected chi connectivity index (χ1v) is 10.4. The summed E-state index contributed by atoms with van der Waals surface area (Å²) in [4.78, 5) is 18.1. The Labute approximate surface area is 169 Å². The number of aromatic hydroxyl groups is 1. The van der Waals surface area contributed by atoms with Crippen molar-refractivity contribution in [2.45, 2.75) is 30.8 Å². The Kier molecular flexibility index (Phi) is 3.78. The van der Waals surface area contributed by atoms with Crippen LogP contribution >= 0.6 is 0 Å². The number of hydrogen-bond donors (Lipinski definition) is 1. The third-order valence-corrected chi connectivity index (χ3v) is 7.17. The number of rotatable bonds is 2. The molecule has 5 aliphatic rings. The van der Waals surface area contributed by atoms with Gasteiger partial charge in [0, 0.05) is 24.1 Å². The maximum absolute atomic E-state index is 13.4. The van der Waals surface area contributed by atoms with Gasteiger partial charge in [0.05, 0.1) is 6.04 Å². The highest BCUT2D eigenvalue weighted by Crippen LogP contribution is 2.48. The lowest BCUT2D eigenvalue weighted by atomic mass is 9.75. The van der Waals surface area contributed by atoms with Gasteiger partial charge in [-0.05, 0) is 67.7 Å². The normalized spacial score (nSPS) is 31.7. The lowest BCUT2D eigenvalue weighted by Gasteiger charge is -2.51. The number of nitrogens with zero attached hydrogens (tertiary/aromatic N) is 2. The summed E-state index contributed by atoms with van der Waals surface area (Å²) < 4.78 is 11.1. The number of amides is 1. The van der Waals surface area contributed by atoms with Gasteiger partial charge < -0.3 is 19.5 Å². The zero-order valence-corrected chi connectivity index (χ0v) is 16.2. The van der Waals surface area contributed by atoms with Gasteiger partial charge in [-0.15, -0.1) is 0 Å². The molecule has 7 rings (SSSR count). The van der Waals surface area contributed by atoms with Gasteiger partial charge in [0.15, 0.2) is 11.5 Å². The number of phenols is 1. The molecule has 1 amide bonds. The molecule has 2 bridgehead atoms. The molecule has 5 aliphatic heterocycles. The van der Waals surface area contributed by atoms with Gasteiger partial charge in [-0.1, -0.05) is 12.1 Å². The summed E-state index contributed by atoms with van der Waals surface area (Å²) in [6.45, 7) is 3.18. The number of ether oxygens (including phenoxy) is 2. The molecule has 4 fully saturated rings. The van der Waals surface area contributed by atoms with Gasteiger partial charge in [0.25, 0.3) is 5.91 Å². The molecule has 0 spiro atoms. The molecule has 6 nitrogen and oxygen atoms in total. The molecule has 5 heterocycles. The van der Waals surface area contributed by atoms with E-state index in [9.17, 15) is 9.90 Å². The molecule has 2 aromatic rings. The highest BCUT2D eigenvalue weighted by atomic mass is 16.7. The molecule has 2 aromatic carbocycles. The number of fused-ring (bicyclic) bond motifs is 3. The SMILES string of the molecule is O=C(c1cccc(O)c1)N1C[C@@H](c2ccc3c(c2)OCO3)[C@@H]2[C@H]1C1CCN2CC1. The molecule has 6 heteroatoms. The molecule has 0 aliphatic carbocycles. The minimum absolute atomic E-state index is 0.0212. The van der Waals surface area contributed by atoms with Crippen molar-refractivity contribution in [2.24, 2.45) is 5.92 Å². The second-order valence-corrected chi connectivity index (χ2v) is 8.58. The molecule has 150 valence electrons. The zero-order valence-electron chi connectivity index (χ0n) is 16.2. The maximum Gasteiger partial charge on any atom is 0.254 e. The minimum atomic E-state index is 0.0212. The molecule has 3 atom stereocenters. The summed E-state index contributed by atoms with van der Waals surface area (Å²) in [6, 6.07) is 13.5. The van der Waals surface area contributed by atoms with Crippen molar-refractivity contribution in [1.82, 2.24) is 9.80 Å². The van der Waals surface area contributed by atoms with Crippen molar-refractivity contribution in [3.8, 4) is 17.2 Å². The average Bonchev–Trinajstić information content (AvgIpc) is 3.39. The fourth-order valence-electron chi connectivity index (χ4n) is 5.90. The molecule has 0 radical (unpaired) electrons. The molecule has 29 heavy (non-hydrogen) atoms. The third kappa shape index (κ3) is 2.62. The monoisotopic (exact) mass is 392 g/mol. The van der Waals surface area contributed by atoms with Crippen molar-refractivity contribution in [3.63, 3.8) is 0 Å². The van der Waals surface area contributed by atoms with E-state index in [1.807, 2.05) is 6.07 Å². The van der Waals surface area contributed by atoms with Crippen molar-refractivity contribution in [1.29, 1.82) is 0 Å². The second-order valence-electron chi connectivity index (χ2n) is 8.58. The standard InChI is InChI=1S/C23H24N2O4/c26-17-3-1-2-16(10-17)23(27)25-12-18(15-4-5-19-20(11-15)29-13-28-19)22-21(25)14-6-8-24(22)9-7-14/h1-5,10-11,14,18,21-22,26H,6-9,12-13H2/t18-,21+,22+/m0/s1. The Bertz CT molecular complexity index is 969. The Morgan fingerprint density at radius 2 is 1.83 bits per heavy atom. The smallest absolute Gasteiger partial charge is 0.254 e. The predicted octanol–water partition coefficient (Wildman–Crippen LogP) is 2.82. The summed E-state index contributed by atoms with van der Waals surface area (Å²) >= 11 is 0. The first-order chi connectivity index (χ1) is 14.2. The minimum Gasteiger partial charge on any atom is -0.508 e. The molecule has 0 saturated carbocycles. The molecule has 1 N–H and O–H groups in total. The number of likely N-dealkylation sites (tertiary alicyclic amines) is 1. The Balaban J connectivity index is 1.38. The zero-order chi connectivity index (χ0) is 19.5. The van der Waals surface area contributed by atoms with Gasteiger partial charge in [0.2, 0.25) is 6.79 Å². The van der Waals surface area contributed by atoms with Crippen molar-refractivity contribution in [3.05, 3.63) is 53.6 Å². The Morgan fingerprint density at radius 1 is 1.00 bits per heavy atom. The Hall–Kier alpha value is -2.73. The number of benzene rings is 2. The van der Waals surface area contributed by atoms with E-state index in [4.69, 9.17) is 9.47 Å². The van der Waals surface area contributed by atoms with Crippen molar-refractivity contribution in [2.75, 3.05) is 26.4 Å². The number of carbonyl (C=O) groups is 1. The van der Waals surface area contributed by atoms with Gasteiger partial charge in [-0.2, -0.15) is 0 Å². The van der Waals surface area contributed by atoms with Crippen LogP contribution in [-0.2, 0) is 0 Å². The van der Waals surface area contributed by atoms with Crippen LogP contribution in [0, 0.1) is 5.92 Å². The fourth-order valence-corrected chi connectivity index (χ4v) is 5.90. The molecule has 4 saturated heterocycles. The van der Waals surface area contributed by atoms with Crippen molar-refractivity contribution >= 4 is 5.91 Å². The fraction of sp³-hybridized carbons (Fsp3) is 0.435. The summed E-state index contributed by atoms with van der Waals surface area (Å²) in [5, 5.41) is 9.86. The summed E-state index contributed by atoms with van der Waals surface area (Å²) in [6.07, 6.45) is 2.30. The average molecular weight is 392 g/mol. The lowest BCUT2D eigenvalue weighted by Crippen LogP contribution is -2.60. The summed E-state index contributed by atoms with van der Waals surface area (Å²) in [7, 11) is 0. The third-order valence-electron chi connectivity index (χ3n) is 7.17. The summed E-state index contributed by atoms with van der Waals surface area (Å²) in [5.74, 6) is 2.54. The number of phenolic OH excluding ortho intramolecular Hbond substituents is 1. The van der Waals surface area contributed by atoms with E-state index in [1.54, 1.807) is 24.3 Å². The lowest BCUT2D eigenvalue weighted by molar-refractivity contribution is -0.00342. The first-order valence-electron chi connectivity index (χ1n) is 10.4. The topological polar surface area (TPSA) is 62.2 Å². The van der Waals surface area contributed by atoms with Gasteiger partial charge in [-0.25, -0.2) is 0 Å². The first kappa shape index (κ1) is 17.2. The molecular formula is C23H24N2O4. The van der Waals surface area contributed by atoms with Gasteiger partial charge in [-0.3, -0.25) is 9.69 Å². The van der Waals surface area contributed by atoms with Crippen LogP contribution in [0.1, 0.15) is 34.7 Å². The van der Waals surface area contributed by atoms with E-state index >= 15 is 0 Å². The quantitative estimate of drug-likeness (QED) is 0.852. The van der Waals surface area contributed by atoms with Crippen LogP contribution < -0.4 is 9.47 Å². The highest BCUT2D eigenvalue weighted by Gasteiger charge is 2.54. The molecule has 0 aromatic heterocycles.